The second-order valence-corrected chi connectivity index (χ2v) is 7.91. The van der Waals surface area contributed by atoms with E-state index >= 15 is 0 Å². The van der Waals surface area contributed by atoms with Crippen LogP contribution in [0.1, 0.15) is 30.1 Å². The van der Waals surface area contributed by atoms with E-state index in [1.807, 2.05) is 6.07 Å². The van der Waals surface area contributed by atoms with Gasteiger partial charge in [0, 0.05) is 38.2 Å². The molecule has 6 heteroatoms. The maximum absolute atomic E-state index is 6.27. The predicted molar refractivity (Wildman–Crippen MR) is 102 cm³/mol. The molecule has 2 aromatic rings. The van der Waals surface area contributed by atoms with Crippen molar-refractivity contribution in [1.29, 1.82) is 0 Å². The van der Waals surface area contributed by atoms with Gasteiger partial charge < -0.3 is 9.64 Å². The van der Waals surface area contributed by atoms with Crippen LogP contribution < -0.4 is 4.90 Å². The van der Waals surface area contributed by atoms with E-state index in [2.05, 4.69) is 45.1 Å². The smallest absolute Gasteiger partial charge is 0.135 e. The Morgan fingerprint density at radius 1 is 1.12 bits per heavy atom. The monoisotopic (exact) mass is 370 g/mol. The molecule has 2 aliphatic heterocycles. The Labute approximate surface area is 158 Å². The van der Waals surface area contributed by atoms with Gasteiger partial charge in [0.05, 0.1) is 18.8 Å². The molecule has 5 rings (SSSR count). The number of ether oxygens (including phenoxy) is 1. The van der Waals surface area contributed by atoms with E-state index < -0.39 is 0 Å². The Hall–Kier alpha value is -1.69. The topological polar surface area (TPSA) is 41.5 Å². The average Bonchev–Trinajstić information content (AvgIpc) is 3.41. The molecule has 3 heterocycles. The highest BCUT2D eigenvalue weighted by atomic mass is 35.5. The van der Waals surface area contributed by atoms with Crippen molar-refractivity contribution < 1.29 is 4.74 Å². The van der Waals surface area contributed by atoms with E-state index in [0.29, 0.717) is 17.1 Å². The molecule has 0 bridgehead atoms. The standard InChI is InChI=1S/C20H23ClN4O/c21-18-10-19(23-20(22-18)15-6-7-15)25-12-16-17(13-25)26-9-8-24(16)11-14-4-2-1-3-5-14/h1-5,10,15-17H,6-9,11-13H2. The van der Waals surface area contributed by atoms with Crippen LogP contribution in [0, 0.1) is 0 Å². The van der Waals surface area contributed by atoms with Gasteiger partial charge in [-0.3, -0.25) is 4.90 Å². The van der Waals surface area contributed by atoms with Crippen molar-refractivity contribution in [3.8, 4) is 0 Å². The van der Waals surface area contributed by atoms with Gasteiger partial charge in [-0.05, 0) is 18.4 Å². The molecule has 2 saturated heterocycles. The van der Waals surface area contributed by atoms with Gasteiger partial charge in [0.25, 0.3) is 0 Å². The normalized spacial score (nSPS) is 26.1. The van der Waals surface area contributed by atoms with Gasteiger partial charge in [0.1, 0.15) is 16.8 Å². The summed E-state index contributed by atoms with van der Waals surface area (Å²) in [7, 11) is 0. The summed E-state index contributed by atoms with van der Waals surface area (Å²) >= 11 is 6.27. The second-order valence-electron chi connectivity index (χ2n) is 7.52. The lowest BCUT2D eigenvalue weighted by Crippen LogP contribution is -2.50. The van der Waals surface area contributed by atoms with Crippen molar-refractivity contribution in [3.63, 3.8) is 0 Å². The van der Waals surface area contributed by atoms with Crippen LogP contribution in [0.25, 0.3) is 0 Å². The van der Waals surface area contributed by atoms with Crippen molar-refractivity contribution >= 4 is 17.4 Å². The van der Waals surface area contributed by atoms with Crippen LogP contribution in [0.3, 0.4) is 0 Å². The minimum absolute atomic E-state index is 0.227. The number of halogens is 1. The fourth-order valence-electron chi connectivity index (χ4n) is 4.07. The first kappa shape index (κ1) is 16.5. The third-order valence-corrected chi connectivity index (χ3v) is 5.80. The number of anilines is 1. The van der Waals surface area contributed by atoms with Crippen LogP contribution in [0.15, 0.2) is 36.4 Å². The third-order valence-electron chi connectivity index (χ3n) is 5.61. The summed E-state index contributed by atoms with van der Waals surface area (Å²) in [6.07, 6.45) is 2.59. The molecule has 0 radical (unpaired) electrons. The van der Waals surface area contributed by atoms with Gasteiger partial charge in [-0.25, -0.2) is 9.97 Å². The zero-order valence-corrected chi connectivity index (χ0v) is 15.5. The number of nitrogens with zero attached hydrogens (tertiary/aromatic N) is 4. The first-order valence-electron chi connectivity index (χ1n) is 9.45. The molecular formula is C20H23ClN4O. The maximum Gasteiger partial charge on any atom is 0.135 e. The largest absolute Gasteiger partial charge is 0.373 e. The summed E-state index contributed by atoms with van der Waals surface area (Å²) < 4.78 is 6.08. The van der Waals surface area contributed by atoms with Gasteiger partial charge in [-0.2, -0.15) is 0 Å². The van der Waals surface area contributed by atoms with Crippen molar-refractivity contribution in [3.05, 3.63) is 52.9 Å². The van der Waals surface area contributed by atoms with Gasteiger partial charge in [-0.1, -0.05) is 41.9 Å². The predicted octanol–water partition coefficient (Wildman–Crippen LogP) is 3.10. The molecule has 5 nitrogen and oxygen atoms in total. The Morgan fingerprint density at radius 2 is 1.96 bits per heavy atom. The fraction of sp³-hybridized carbons (Fsp3) is 0.500. The molecule has 1 saturated carbocycles. The lowest BCUT2D eigenvalue weighted by atomic mass is 10.1. The number of rotatable bonds is 4. The van der Waals surface area contributed by atoms with Crippen molar-refractivity contribution in [2.45, 2.75) is 37.5 Å². The Balaban J connectivity index is 1.35. The summed E-state index contributed by atoms with van der Waals surface area (Å²) in [6.45, 7) is 4.53. The lowest BCUT2D eigenvalue weighted by molar-refractivity contribution is -0.0499. The Kier molecular flexibility index (Phi) is 4.31. The van der Waals surface area contributed by atoms with Crippen LogP contribution in [0.4, 0.5) is 5.82 Å². The van der Waals surface area contributed by atoms with E-state index in [-0.39, 0.29) is 6.10 Å². The Bertz CT molecular complexity index is 783. The van der Waals surface area contributed by atoms with Gasteiger partial charge in [-0.15, -0.1) is 0 Å². The molecule has 3 aliphatic rings. The minimum atomic E-state index is 0.227. The summed E-state index contributed by atoms with van der Waals surface area (Å²) in [4.78, 5) is 14.1. The molecule has 136 valence electrons. The first-order valence-corrected chi connectivity index (χ1v) is 9.83. The number of hydrogen-bond donors (Lipinski definition) is 0. The zero-order chi connectivity index (χ0) is 17.5. The molecular weight excluding hydrogens is 348 g/mol. The van der Waals surface area contributed by atoms with E-state index in [9.17, 15) is 0 Å². The van der Waals surface area contributed by atoms with Crippen LogP contribution in [-0.4, -0.2) is 53.3 Å². The maximum atomic E-state index is 6.27. The molecule has 1 aliphatic carbocycles. The highest BCUT2D eigenvalue weighted by Gasteiger charge is 2.41. The molecule has 2 atom stereocenters. The fourth-order valence-corrected chi connectivity index (χ4v) is 4.25. The van der Waals surface area contributed by atoms with Gasteiger partial charge in [0.15, 0.2) is 0 Å². The SMILES string of the molecule is Clc1cc(N2CC3OCCN(Cc4ccccc4)C3C2)nc(C2CC2)n1. The molecule has 0 spiro atoms. The molecule has 26 heavy (non-hydrogen) atoms. The summed E-state index contributed by atoms with van der Waals surface area (Å²) in [5.41, 5.74) is 1.35. The summed E-state index contributed by atoms with van der Waals surface area (Å²) in [5, 5.41) is 0.550. The second kappa shape index (κ2) is 6.80. The Morgan fingerprint density at radius 3 is 2.77 bits per heavy atom. The van der Waals surface area contributed by atoms with Crippen molar-refractivity contribution in [2.24, 2.45) is 0 Å². The third kappa shape index (κ3) is 3.31. The van der Waals surface area contributed by atoms with E-state index in [4.69, 9.17) is 21.3 Å². The first-order chi connectivity index (χ1) is 12.8. The van der Waals surface area contributed by atoms with Crippen LogP contribution in [0.5, 0.6) is 0 Å². The molecule has 1 aromatic heterocycles. The van der Waals surface area contributed by atoms with Gasteiger partial charge in [0.2, 0.25) is 0 Å². The number of aromatic nitrogens is 2. The van der Waals surface area contributed by atoms with Gasteiger partial charge >= 0.3 is 0 Å². The molecule has 0 N–H and O–H groups in total. The van der Waals surface area contributed by atoms with E-state index in [0.717, 1.165) is 44.4 Å². The van der Waals surface area contributed by atoms with Crippen LogP contribution in [0.2, 0.25) is 5.15 Å². The number of hydrogen-bond acceptors (Lipinski definition) is 5. The zero-order valence-electron chi connectivity index (χ0n) is 14.7. The van der Waals surface area contributed by atoms with E-state index in [1.165, 1.54) is 18.4 Å². The average molecular weight is 371 g/mol. The lowest BCUT2D eigenvalue weighted by Gasteiger charge is -2.36. The van der Waals surface area contributed by atoms with Crippen molar-refractivity contribution in [1.82, 2.24) is 14.9 Å². The molecule has 3 fully saturated rings. The summed E-state index contributed by atoms with van der Waals surface area (Å²) in [6, 6.07) is 13.0. The minimum Gasteiger partial charge on any atom is -0.373 e. The molecule has 1 aromatic carbocycles. The van der Waals surface area contributed by atoms with Crippen LogP contribution >= 0.6 is 11.6 Å². The van der Waals surface area contributed by atoms with E-state index in [1.54, 1.807) is 0 Å². The highest BCUT2D eigenvalue weighted by Crippen LogP contribution is 2.39. The molecule has 0 amide bonds. The highest BCUT2D eigenvalue weighted by molar-refractivity contribution is 6.29. The number of fused-ring (bicyclic) bond motifs is 1. The number of benzene rings is 1. The van der Waals surface area contributed by atoms with Crippen molar-refractivity contribution in [2.75, 3.05) is 31.1 Å². The number of morpholine rings is 1. The quantitative estimate of drug-likeness (QED) is 0.773. The van der Waals surface area contributed by atoms with Crippen LogP contribution in [-0.2, 0) is 11.3 Å². The molecule has 2 unspecified atom stereocenters. The summed E-state index contributed by atoms with van der Waals surface area (Å²) in [5.74, 6) is 2.36.